The van der Waals surface area contributed by atoms with Crippen LogP contribution in [-0.2, 0) is 6.54 Å². The van der Waals surface area contributed by atoms with Crippen LogP contribution in [0.1, 0.15) is 30.9 Å². The molecular weight excluding hydrogens is 241 g/mol. The van der Waals surface area contributed by atoms with E-state index < -0.39 is 0 Å². The molecule has 3 nitrogen and oxygen atoms in total. The van der Waals surface area contributed by atoms with E-state index in [1.165, 1.54) is 6.07 Å². The van der Waals surface area contributed by atoms with Gasteiger partial charge in [0.05, 0.1) is 11.6 Å². The van der Waals surface area contributed by atoms with Crippen LogP contribution in [0, 0.1) is 17.1 Å². The fraction of sp³-hybridized carbons (Fsp3) is 0.533. The number of nitriles is 1. The van der Waals surface area contributed by atoms with Crippen LogP contribution in [0.3, 0.4) is 0 Å². The van der Waals surface area contributed by atoms with Crippen molar-refractivity contribution in [3.8, 4) is 6.07 Å². The van der Waals surface area contributed by atoms with Crippen molar-refractivity contribution in [2.45, 2.75) is 31.8 Å². The number of nitrogens with one attached hydrogen (secondary N) is 1. The third-order valence-corrected chi connectivity index (χ3v) is 4.14. The summed E-state index contributed by atoms with van der Waals surface area (Å²) in [5.41, 5.74) is 1.26. The smallest absolute Gasteiger partial charge is 0.129 e. The Morgan fingerprint density at radius 3 is 2.63 bits per heavy atom. The highest BCUT2D eigenvalue weighted by Gasteiger charge is 2.28. The second kappa shape index (κ2) is 5.68. The Balaban J connectivity index is 1.98. The fourth-order valence-electron chi connectivity index (χ4n) is 2.44. The van der Waals surface area contributed by atoms with Gasteiger partial charge in [-0.15, -0.1) is 0 Å². The highest BCUT2D eigenvalue weighted by molar-refractivity contribution is 5.32. The summed E-state index contributed by atoms with van der Waals surface area (Å²) in [7, 11) is 2.00. The molecule has 0 saturated carbocycles. The lowest BCUT2D eigenvalue weighted by atomic mass is 9.90. The van der Waals surface area contributed by atoms with Crippen LogP contribution in [0.15, 0.2) is 18.2 Å². The predicted octanol–water partition coefficient (Wildman–Crippen LogP) is 2.27. The molecule has 19 heavy (non-hydrogen) atoms. The average Bonchev–Trinajstić information content (AvgIpc) is 2.43. The maximum atomic E-state index is 13.8. The van der Waals surface area contributed by atoms with Gasteiger partial charge in [0, 0.05) is 30.7 Å². The number of hydrogen-bond donors (Lipinski definition) is 1. The summed E-state index contributed by atoms with van der Waals surface area (Å²) in [5.74, 6) is -0.277. The Labute approximate surface area is 114 Å². The van der Waals surface area contributed by atoms with Crippen molar-refractivity contribution < 1.29 is 4.39 Å². The maximum Gasteiger partial charge on any atom is 0.129 e. The molecular formula is C15H20FN3. The topological polar surface area (TPSA) is 39.1 Å². The monoisotopic (exact) mass is 261 g/mol. The number of nitrogens with zero attached hydrogens (tertiary/aromatic N) is 2. The first-order valence-electron chi connectivity index (χ1n) is 6.66. The van der Waals surface area contributed by atoms with Crippen molar-refractivity contribution in [3.05, 3.63) is 35.1 Å². The van der Waals surface area contributed by atoms with Gasteiger partial charge in [0.2, 0.25) is 0 Å². The largest absolute Gasteiger partial charge is 0.314 e. The number of halogens is 1. The molecule has 1 heterocycles. The molecule has 1 aromatic carbocycles. The molecule has 1 aromatic rings. The van der Waals surface area contributed by atoms with Gasteiger partial charge >= 0.3 is 0 Å². The zero-order chi connectivity index (χ0) is 13.9. The molecule has 0 aromatic heterocycles. The highest BCUT2D eigenvalue weighted by atomic mass is 19.1. The van der Waals surface area contributed by atoms with Gasteiger partial charge in [-0.3, -0.25) is 4.90 Å². The molecule has 0 spiro atoms. The first kappa shape index (κ1) is 14.0. The van der Waals surface area contributed by atoms with E-state index in [1.54, 1.807) is 12.1 Å². The molecule has 0 aliphatic carbocycles. The van der Waals surface area contributed by atoms with Gasteiger partial charge < -0.3 is 5.32 Å². The lowest BCUT2D eigenvalue weighted by Gasteiger charge is -2.39. The number of likely N-dealkylation sites (tertiary alicyclic amines) is 1. The fourth-order valence-corrected chi connectivity index (χ4v) is 2.44. The lowest BCUT2D eigenvalue weighted by Crippen LogP contribution is -2.49. The van der Waals surface area contributed by atoms with E-state index >= 15 is 0 Å². The van der Waals surface area contributed by atoms with Crippen molar-refractivity contribution in [2.24, 2.45) is 0 Å². The van der Waals surface area contributed by atoms with E-state index in [9.17, 15) is 4.39 Å². The molecule has 0 radical (unpaired) electrons. The summed E-state index contributed by atoms with van der Waals surface area (Å²) >= 11 is 0. The van der Waals surface area contributed by atoms with Gasteiger partial charge in [-0.2, -0.15) is 5.26 Å². The molecule has 1 fully saturated rings. The molecule has 1 N–H and O–H groups in total. The van der Waals surface area contributed by atoms with Crippen molar-refractivity contribution in [3.63, 3.8) is 0 Å². The van der Waals surface area contributed by atoms with Gasteiger partial charge in [0.1, 0.15) is 5.82 Å². The second-order valence-corrected chi connectivity index (χ2v) is 5.50. The minimum Gasteiger partial charge on any atom is -0.314 e. The van der Waals surface area contributed by atoms with Crippen molar-refractivity contribution in [1.29, 1.82) is 5.26 Å². The Hall–Kier alpha value is -1.44. The molecule has 1 aliphatic rings. The van der Waals surface area contributed by atoms with Gasteiger partial charge in [0.15, 0.2) is 0 Å². The Morgan fingerprint density at radius 1 is 1.42 bits per heavy atom. The van der Waals surface area contributed by atoms with Crippen molar-refractivity contribution in [2.75, 3.05) is 20.1 Å². The van der Waals surface area contributed by atoms with Crippen LogP contribution in [0.2, 0.25) is 0 Å². The normalized spacial score (nSPS) is 19.1. The summed E-state index contributed by atoms with van der Waals surface area (Å²) in [4.78, 5) is 2.27. The van der Waals surface area contributed by atoms with Gasteiger partial charge in [0.25, 0.3) is 0 Å². The van der Waals surface area contributed by atoms with Crippen molar-refractivity contribution >= 4 is 0 Å². The van der Waals surface area contributed by atoms with E-state index in [0.29, 0.717) is 17.7 Å². The molecule has 0 unspecified atom stereocenters. The van der Waals surface area contributed by atoms with Gasteiger partial charge in [-0.05, 0) is 38.9 Å². The average molecular weight is 261 g/mol. The molecule has 1 saturated heterocycles. The molecule has 0 atom stereocenters. The summed E-state index contributed by atoms with van der Waals surface area (Å²) < 4.78 is 13.8. The number of piperidine rings is 1. The third kappa shape index (κ3) is 3.31. The van der Waals surface area contributed by atoms with Gasteiger partial charge in [-0.25, -0.2) is 4.39 Å². The number of benzene rings is 1. The molecule has 2 rings (SSSR count). The molecule has 4 heteroatoms. The van der Waals surface area contributed by atoms with Gasteiger partial charge in [-0.1, -0.05) is 6.07 Å². The molecule has 0 amide bonds. The zero-order valence-corrected chi connectivity index (χ0v) is 11.5. The number of rotatable bonds is 3. The van der Waals surface area contributed by atoms with Crippen LogP contribution in [0.5, 0.6) is 0 Å². The highest BCUT2D eigenvalue weighted by Crippen LogP contribution is 2.23. The first-order valence-corrected chi connectivity index (χ1v) is 6.66. The Bertz CT molecular complexity index is 485. The third-order valence-electron chi connectivity index (χ3n) is 4.14. The first-order chi connectivity index (χ1) is 9.06. The molecule has 1 aliphatic heterocycles. The van der Waals surface area contributed by atoms with E-state index in [4.69, 9.17) is 5.26 Å². The summed E-state index contributed by atoms with van der Waals surface area (Å²) in [6.07, 6.45) is 2.14. The molecule has 0 bridgehead atoms. The van der Waals surface area contributed by atoms with Crippen LogP contribution in [0.4, 0.5) is 4.39 Å². The quantitative estimate of drug-likeness (QED) is 0.907. The summed E-state index contributed by atoms with van der Waals surface area (Å²) in [6, 6.07) is 6.67. The van der Waals surface area contributed by atoms with Crippen LogP contribution in [0.25, 0.3) is 0 Å². The Kier molecular flexibility index (Phi) is 4.18. The molecule has 102 valence electrons. The zero-order valence-electron chi connectivity index (χ0n) is 11.5. The van der Waals surface area contributed by atoms with Crippen LogP contribution >= 0.6 is 0 Å². The SMILES string of the molecule is CNC1(C)CCN(Cc2ccc(C#N)cc2F)CC1. The van der Waals surface area contributed by atoms with Crippen LogP contribution < -0.4 is 5.32 Å². The summed E-state index contributed by atoms with van der Waals surface area (Å²) in [5, 5.41) is 12.1. The van der Waals surface area contributed by atoms with E-state index in [1.807, 2.05) is 13.1 Å². The maximum absolute atomic E-state index is 13.8. The summed E-state index contributed by atoms with van der Waals surface area (Å²) in [6.45, 7) is 4.79. The lowest BCUT2D eigenvalue weighted by molar-refractivity contribution is 0.145. The minimum atomic E-state index is -0.277. The van der Waals surface area contributed by atoms with E-state index in [0.717, 1.165) is 25.9 Å². The predicted molar refractivity (Wildman–Crippen MR) is 73.1 cm³/mol. The van der Waals surface area contributed by atoms with Crippen molar-refractivity contribution in [1.82, 2.24) is 10.2 Å². The Morgan fingerprint density at radius 2 is 2.11 bits per heavy atom. The minimum absolute atomic E-state index is 0.208. The van der Waals surface area contributed by atoms with E-state index in [-0.39, 0.29) is 11.4 Å². The van der Waals surface area contributed by atoms with Crippen LogP contribution in [-0.4, -0.2) is 30.6 Å². The number of hydrogen-bond acceptors (Lipinski definition) is 3. The standard InChI is InChI=1S/C15H20FN3/c1-15(18-2)5-7-19(8-6-15)11-13-4-3-12(10-17)9-14(13)16/h3-4,9,18H,5-8,11H2,1-2H3. The second-order valence-electron chi connectivity index (χ2n) is 5.50. The van der Waals surface area contributed by atoms with E-state index in [2.05, 4.69) is 17.1 Å².